The highest BCUT2D eigenvalue weighted by molar-refractivity contribution is 7.98. The Hall–Kier alpha value is -3.85. The monoisotopic (exact) mass is 489 g/mol. The lowest BCUT2D eigenvalue weighted by Gasteiger charge is -2.13. The van der Waals surface area contributed by atoms with Crippen LogP contribution in [-0.2, 0) is 5.75 Å². The van der Waals surface area contributed by atoms with Crippen LogP contribution in [0.3, 0.4) is 0 Å². The molecule has 0 bridgehead atoms. The number of rotatable bonds is 5. The minimum atomic E-state index is -0.564. The highest BCUT2D eigenvalue weighted by atomic mass is 35.5. The van der Waals surface area contributed by atoms with Crippen molar-refractivity contribution in [1.29, 1.82) is 10.5 Å². The number of aromatic nitrogens is 2. The number of benzene rings is 2. The Morgan fingerprint density at radius 3 is 2.35 bits per heavy atom. The molecule has 9 heteroatoms. The minimum Gasteiger partial charge on any atom is -0.441 e. The average molecular weight is 490 g/mol. The van der Waals surface area contributed by atoms with Gasteiger partial charge in [-0.15, -0.1) is 0 Å². The van der Waals surface area contributed by atoms with E-state index in [4.69, 9.17) is 21.8 Å². The van der Waals surface area contributed by atoms with Crippen molar-refractivity contribution in [2.75, 3.05) is 5.73 Å². The first kappa shape index (κ1) is 23.3. The van der Waals surface area contributed by atoms with Gasteiger partial charge >= 0.3 is 0 Å². The third-order valence-electron chi connectivity index (χ3n) is 5.16. The summed E-state index contributed by atoms with van der Waals surface area (Å²) in [4.78, 5) is 8.80. The molecule has 0 aliphatic heterocycles. The molecule has 0 spiro atoms. The Kier molecular flexibility index (Phi) is 6.56. The second-order valence-corrected chi connectivity index (χ2v) is 8.83. The summed E-state index contributed by atoms with van der Waals surface area (Å²) in [6.07, 6.45) is 0. The van der Waals surface area contributed by atoms with Crippen molar-refractivity contribution >= 4 is 29.2 Å². The van der Waals surface area contributed by atoms with Crippen LogP contribution in [0.2, 0.25) is 5.02 Å². The first-order chi connectivity index (χ1) is 16.3. The number of aryl methyl sites for hydroxylation is 2. The van der Waals surface area contributed by atoms with E-state index < -0.39 is 5.82 Å². The molecule has 2 aromatic carbocycles. The summed E-state index contributed by atoms with van der Waals surface area (Å²) >= 11 is 7.01. The molecule has 4 aromatic rings. The summed E-state index contributed by atoms with van der Waals surface area (Å²) in [7, 11) is 0. The van der Waals surface area contributed by atoms with Crippen LogP contribution in [0.15, 0.2) is 51.9 Å². The number of hydrogen-bond donors (Lipinski definition) is 1. The molecule has 0 amide bonds. The average Bonchev–Trinajstić information content (AvgIpc) is 3.20. The number of nitriles is 2. The lowest BCUT2D eigenvalue weighted by Crippen LogP contribution is -2.03. The van der Waals surface area contributed by atoms with E-state index in [1.54, 1.807) is 13.0 Å². The van der Waals surface area contributed by atoms with Crippen LogP contribution in [0.4, 0.5) is 10.2 Å². The van der Waals surface area contributed by atoms with Crippen LogP contribution in [0, 0.1) is 42.3 Å². The molecule has 0 unspecified atom stereocenters. The summed E-state index contributed by atoms with van der Waals surface area (Å²) in [6.45, 7) is 3.71. The van der Waals surface area contributed by atoms with Crippen molar-refractivity contribution in [2.24, 2.45) is 0 Å². The summed E-state index contributed by atoms with van der Waals surface area (Å²) < 4.78 is 19.6. The molecule has 0 saturated carbocycles. The number of halogens is 2. The fourth-order valence-electron chi connectivity index (χ4n) is 3.36. The maximum Gasteiger partial charge on any atom is 0.226 e. The van der Waals surface area contributed by atoms with Crippen molar-refractivity contribution in [2.45, 2.75) is 24.6 Å². The lowest BCUT2D eigenvalue weighted by atomic mass is 9.96. The Bertz CT molecular complexity index is 1490. The Morgan fingerprint density at radius 2 is 1.71 bits per heavy atom. The van der Waals surface area contributed by atoms with Crippen molar-refractivity contribution in [3.63, 3.8) is 0 Å². The fraction of sp³-hybridized carbons (Fsp3) is 0.120. The quantitative estimate of drug-likeness (QED) is 0.321. The molecule has 168 valence electrons. The predicted molar refractivity (Wildman–Crippen MR) is 129 cm³/mol. The number of hydrogen-bond acceptors (Lipinski definition) is 7. The second-order valence-electron chi connectivity index (χ2n) is 7.46. The van der Waals surface area contributed by atoms with Crippen LogP contribution in [0.5, 0.6) is 0 Å². The summed E-state index contributed by atoms with van der Waals surface area (Å²) in [5.41, 5.74) is 9.80. The van der Waals surface area contributed by atoms with Gasteiger partial charge in [0.05, 0.1) is 16.3 Å². The van der Waals surface area contributed by atoms with Gasteiger partial charge in [0.15, 0.2) is 0 Å². The van der Waals surface area contributed by atoms with Gasteiger partial charge in [-0.05, 0) is 37.6 Å². The van der Waals surface area contributed by atoms with E-state index in [-0.39, 0.29) is 27.9 Å². The third kappa shape index (κ3) is 4.47. The van der Waals surface area contributed by atoms with Crippen LogP contribution in [-0.4, -0.2) is 9.97 Å². The zero-order chi connectivity index (χ0) is 24.4. The Balaban J connectivity index is 1.70. The van der Waals surface area contributed by atoms with Gasteiger partial charge in [0.2, 0.25) is 5.89 Å². The van der Waals surface area contributed by atoms with E-state index in [9.17, 15) is 14.9 Å². The minimum absolute atomic E-state index is 0.0145. The number of nitrogens with zero attached hydrogens (tertiary/aromatic N) is 4. The molecule has 34 heavy (non-hydrogen) atoms. The van der Waals surface area contributed by atoms with E-state index in [0.717, 1.165) is 5.56 Å². The predicted octanol–water partition coefficient (Wildman–Crippen LogP) is 6.43. The first-order valence-electron chi connectivity index (χ1n) is 10.1. The maximum absolute atomic E-state index is 13.8. The summed E-state index contributed by atoms with van der Waals surface area (Å²) in [6, 6.07) is 16.1. The van der Waals surface area contributed by atoms with Crippen molar-refractivity contribution < 1.29 is 8.81 Å². The van der Waals surface area contributed by atoms with Crippen molar-refractivity contribution in [3.05, 3.63) is 81.4 Å². The highest BCUT2D eigenvalue weighted by Gasteiger charge is 2.21. The van der Waals surface area contributed by atoms with Gasteiger partial charge in [-0.25, -0.2) is 14.4 Å². The number of thioether (sulfide) groups is 1. The third-order valence-corrected chi connectivity index (χ3v) is 6.45. The maximum atomic E-state index is 13.8. The highest BCUT2D eigenvalue weighted by Crippen LogP contribution is 2.37. The van der Waals surface area contributed by atoms with Crippen molar-refractivity contribution in [1.82, 2.24) is 9.97 Å². The Labute approximate surface area is 204 Å². The lowest BCUT2D eigenvalue weighted by molar-refractivity contribution is 0.539. The molecule has 2 aromatic heterocycles. The normalized spacial score (nSPS) is 10.6. The summed E-state index contributed by atoms with van der Waals surface area (Å²) in [5.74, 6) is 0.624. The first-order valence-corrected chi connectivity index (χ1v) is 11.4. The molecule has 0 saturated heterocycles. The van der Waals surface area contributed by atoms with Gasteiger partial charge in [-0.1, -0.05) is 53.2 Å². The molecular weight excluding hydrogens is 473 g/mol. The largest absolute Gasteiger partial charge is 0.441 e. The van der Waals surface area contributed by atoms with E-state index in [1.807, 2.05) is 31.2 Å². The van der Waals surface area contributed by atoms with Crippen molar-refractivity contribution in [3.8, 4) is 34.7 Å². The molecule has 6 nitrogen and oxygen atoms in total. The van der Waals surface area contributed by atoms with Gasteiger partial charge in [0, 0.05) is 16.9 Å². The number of anilines is 1. The van der Waals surface area contributed by atoms with Crippen LogP contribution >= 0.6 is 23.4 Å². The topological polar surface area (TPSA) is 113 Å². The van der Waals surface area contributed by atoms with E-state index in [1.165, 1.54) is 23.9 Å². The van der Waals surface area contributed by atoms with Crippen LogP contribution in [0.1, 0.15) is 28.1 Å². The molecule has 0 atom stereocenters. The molecule has 0 fully saturated rings. The van der Waals surface area contributed by atoms with Gasteiger partial charge in [-0.3, -0.25) is 0 Å². The molecule has 0 aliphatic rings. The zero-order valence-corrected chi connectivity index (χ0v) is 19.8. The number of pyridine rings is 1. The fourth-order valence-corrected chi connectivity index (χ4v) is 4.48. The van der Waals surface area contributed by atoms with Gasteiger partial charge in [-0.2, -0.15) is 10.5 Å². The molecule has 4 rings (SSSR count). The molecule has 0 aliphatic carbocycles. The number of nitrogens with two attached hydrogens (primary N) is 1. The zero-order valence-electron chi connectivity index (χ0n) is 18.2. The number of oxazole rings is 1. The molecular formula is C25H17ClFN5OS. The summed E-state index contributed by atoms with van der Waals surface area (Å²) in [5, 5.41) is 20.0. The standard InChI is InChI=1S/C25H17ClFN5OS/c1-13-3-5-15(6-4-13)22-17(10-28)23(30)32-25(18(22)11-29)34-12-21-14(2)33-24(31-21)16-7-8-19(26)20(27)9-16/h3-9H,12H2,1-2H3,(H2,30,32). The molecule has 2 heterocycles. The van der Waals surface area contributed by atoms with Crippen LogP contribution in [0.25, 0.3) is 22.6 Å². The number of nitrogen functional groups attached to an aromatic ring is 1. The SMILES string of the molecule is Cc1ccc(-c2c(C#N)c(N)nc(SCc3nc(-c4ccc(Cl)c(F)c4)oc3C)c2C#N)cc1. The van der Waals surface area contributed by atoms with E-state index in [2.05, 4.69) is 22.1 Å². The second kappa shape index (κ2) is 9.56. The van der Waals surface area contributed by atoms with Gasteiger partial charge in [0.25, 0.3) is 0 Å². The molecule has 0 radical (unpaired) electrons. The van der Waals surface area contributed by atoms with E-state index in [0.29, 0.717) is 38.9 Å². The molecule has 2 N–H and O–H groups in total. The smallest absolute Gasteiger partial charge is 0.226 e. The van der Waals surface area contributed by atoms with Gasteiger partial charge < -0.3 is 10.2 Å². The van der Waals surface area contributed by atoms with Gasteiger partial charge in [0.1, 0.15) is 40.1 Å². The van der Waals surface area contributed by atoms with E-state index >= 15 is 0 Å². The Morgan fingerprint density at radius 1 is 1.03 bits per heavy atom. The van der Waals surface area contributed by atoms with Crippen LogP contribution < -0.4 is 5.73 Å².